The van der Waals surface area contributed by atoms with Crippen LogP contribution in [0.2, 0.25) is 0 Å². The van der Waals surface area contributed by atoms with Crippen molar-refractivity contribution in [3.05, 3.63) is 95.6 Å². The van der Waals surface area contributed by atoms with Crippen LogP contribution in [0.1, 0.15) is 29.5 Å². The number of hydrogen-bond acceptors (Lipinski definition) is 4. The first-order valence-corrected chi connectivity index (χ1v) is 10.1. The zero-order chi connectivity index (χ0) is 20.3. The molecule has 0 aliphatic carbocycles. The minimum Gasteiger partial charge on any atom is -0.508 e. The van der Waals surface area contributed by atoms with Crippen molar-refractivity contribution in [3.63, 3.8) is 0 Å². The zero-order valence-electron chi connectivity index (χ0n) is 16.7. The van der Waals surface area contributed by atoms with E-state index in [2.05, 4.69) is 4.90 Å². The van der Waals surface area contributed by atoms with Crippen molar-refractivity contribution >= 4 is 0 Å². The fraction of sp³-hybridized carbons (Fsp3) is 0.280. The third-order valence-corrected chi connectivity index (χ3v) is 5.93. The maximum atomic E-state index is 12.1. The first kappa shape index (κ1) is 19.5. The van der Waals surface area contributed by atoms with Gasteiger partial charge in [-0.1, -0.05) is 60.7 Å². The second-order valence-electron chi connectivity index (χ2n) is 7.62. The van der Waals surface area contributed by atoms with E-state index in [-0.39, 0.29) is 11.8 Å². The summed E-state index contributed by atoms with van der Waals surface area (Å²) in [6, 6.07) is 25.0. The van der Waals surface area contributed by atoms with Crippen LogP contribution in [0.4, 0.5) is 0 Å². The minimum absolute atomic E-state index is 0.0992. The molecular weight excluding hydrogens is 362 g/mol. The summed E-state index contributed by atoms with van der Waals surface area (Å²) in [4.78, 5) is 2.27. The first-order valence-electron chi connectivity index (χ1n) is 10.1. The number of aliphatic hydroxyl groups is 1. The molecule has 4 heteroatoms. The molecule has 150 valence electrons. The summed E-state index contributed by atoms with van der Waals surface area (Å²) in [6.45, 7) is 1.42. The number of rotatable bonds is 6. The van der Waals surface area contributed by atoms with Crippen LogP contribution in [-0.2, 0) is 12.1 Å². The van der Waals surface area contributed by atoms with Gasteiger partial charge in [0.05, 0.1) is 7.11 Å². The summed E-state index contributed by atoms with van der Waals surface area (Å²) in [5.41, 5.74) is 1.45. The van der Waals surface area contributed by atoms with Gasteiger partial charge in [-0.15, -0.1) is 0 Å². The molecule has 4 rings (SSSR count). The van der Waals surface area contributed by atoms with Crippen LogP contribution in [0.15, 0.2) is 78.9 Å². The lowest BCUT2D eigenvalue weighted by molar-refractivity contribution is -0.00673. The van der Waals surface area contributed by atoms with E-state index in [1.54, 1.807) is 19.2 Å². The maximum absolute atomic E-state index is 12.1. The molecule has 4 nitrogen and oxygen atoms in total. The van der Waals surface area contributed by atoms with Crippen LogP contribution >= 0.6 is 0 Å². The summed E-state index contributed by atoms with van der Waals surface area (Å²) in [6.07, 6.45) is 1.88. The van der Waals surface area contributed by atoms with Gasteiger partial charge in [0.2, 0.25) is 0 Å². The molecule has 29 heavy (non-hydrogen) atoms. The molecule has 0 spiro atoms. The van der Waals surface area contributed by atoms with Gasteiger partial charge in [-0.2, -0.15) is 0 Å². The van der Waals surface area contributed by atoms with Gasteiger partial charge in [-0.3, -0.25) is 4.90 Å². The molecule has 1 aliphatic heterocycles. The number of benzene rings is 3. The monoisotopic (exact) mass is 389 g/mol. The highest BCUT2D eigenvalue weighted by atomic mass is 16.5. The third kappa shape index (κ3) is 3.74. The largest absolute Gasteiger partial charge is 0.508 e. The normalized spacial score (nSPS) is 17.4. The first-order chi connectivity index (χ1) is 14.1. The minimum atomic E-state index is -1.13. The Morgan fingerprint density at radius 2 is 1.59 bits per heavy atom. The molecule has 1 saturated heterocycles. The van der Waals surface area contributed by atoms with E-state index in [1.807, 2.05) is 66.7 Å². The molecular formula is C25H27NO3. The molecule has 1 atom stereocenters. The zero-order valence-corrected chi connectivity index (χ0v) is 16.7. The van der Waals surface area contributed by atoms with Crippen molar-refractivity contribution in [2.24, 2.45) is 0 Å². The molecule has 3 aromatic carbocycles. The predicted molar refractivity (Wildman–Crippen MR) is 114 cm³/mol. The van der Waals surface area contributed by atoms with Gasteiger partial charge in [-0.05, 0) is 48.7 Å². The van der Waals surface area contributed by atoms with Crippen LogP contribution in [0.25, 0.3) is 0 Å². The molecule has 3 aromatic rings. The molecule has 1 heterocycles. The predicted octanol–water partition coefficient (Wildman–Crippen LogP) is 4.30. The van der Waals surface area contributed by atoms with Crippen LogP contribution < -0.4 is 4.74 Å². The SMILES string of the molecule is COc1ccc(O)c(CN2CCC[C@@H]2C(O)(c2ccccc2)c2ccccc2)c1. The Morgan fingerprint density at radius 1 is 0.966 bits per heavy atom. The van der Waals surface area contributed by atoms with E-state index < -0.39 is 5.60 Å². The third-order valence-electron chi connectivity index (χ3n) is 5.93. The standard InChI is InChI=1S/C25H27NO3/c1-29-22-14-15-23(27)19(17-22)18-26-16-8-13-24(26)25(28,20-9-4-2-5-10-20)21-11-6-3-7-12-21/h2-7,9-12,14-15,17,24,27-28H,8,13,16,18H2,1H3/t24-/m1/s1. The molecule has 1 fully saturated rings. The Bertz CT molecular complexity index is 903. The Labute approximate surface area is 172 Å². The van der Waals surface area contributed by atoms with Gasteiger partial charge in [0, 0.05) is 18.2 Å². The number of methoxy groups -OCH3 is 1. The lowest BCUT2D eigenvalue weighted by atomic mass is 9.79. The number of phenols is 1. The molecule has 0 saturated carbocycles. The highest BCUT2D eigenvalue weighted by Gasteiger charge is 2.45. The van der Waals surface area contributed by atoms with Gasteiger partial charge < -0.3 is 14.9 Å². The second-order valence-corrected chi connectivity index (χ2v) is 7.62. The Kier molecular flexibility index (Phi) is 5.56. The van der Waals surface area contributed by atoms with Gasteiger partial charge >= 0.3 is 0 Å². The van der Waals surface area contributed by atoms with Gasteiger partial charge in [0.25, 0.3) is 0 Å². The lowest BCUT2D eigenvalue weighted by Gasteiger charge is -2.40. The molecule has 2 N–H and O–H groups in total. The fourth-order valence-corrected chi connectivity index (χ4v) is 4.46. The summed E-state index contributed by atoms with van der Waals surface area (Å²) in [7, 11) is 1.62. The number of aromatic hydroxyl groups is 1. The Hall–Kier alpha value is -2.82. The summed E-state index contributed by atoms with van der Waals surface area (Å²) >= 11 is 0. The average molecular weight is 389 g/mol. The van der Waals surface area contributed by atoms with E-state index in [9.17, 15) is 10.2 Å². The average Bonchev–Trinajstić information content (AvgIpc) is 3.24. The van der Waals surface area contributed by atoms with Crippen LogP contribution in [0.3, 0.4) is 0 Å². The van der Waals surface area contributed by atoms with Crippen molar-refractivity contribution in [2.75, 3.05) is 13.7 Å². The number of likely N-dealkylation sites (tertiary alicyclic amines) is 1. The number of nitrogens with zero attached hydrogens (tertiary/aromatic N) is 1. The Morgan fingerprint density at radius 3 is 2.17 bits per heavy atom. The molecule has 0 bridgehead atoms. The quantitative estimate of drug-likeness (QED) is 0.660. The topological polar surface area (TPSA) is 52.9 Å². The van der Waals surface area contributed by atoms with Gasteiger partial charge in [0.1, 0.15) is 17.1 Å². The second kappa shape index (κ2) is 8.27. The van der Waals surface area contributed by atoms with E-state index in [0.717, 1.165) is 41.8 Å². The molecule has 0 unspecified atom stereocenters. The number of ether oxygens (including phenoxy) is 1. The van der Waals surface area contributed by atoms with Gasteiger partial charge in [0.15, 0.2) is 0 Å². The molecule has 0 amide bonds. The summed E-state index contributed by atoms with van der Waals surface area (Å²) in [5, 5.41) is 22.5. The maximum Gasteiger partial charge on any atom is 0.130 e. The van der Waals surface area contributed by atoms with Crippen molar-refractivity contribution in [1.29, 1.82) is 0 Å². The highest BCUT2D eigenvalue weighted by Crippen LogP contribution is 2.41. The molecule has 1 aliphatic rings. The summed E-state index contributed by atoms with van der Waals surface area (Å²) < 4.78 is 5.33. The van der Waals surface area contributed by atoms with Crippen LogP contribution in [0.5, 0.6) is 11.5 Å². The van der Waals surface area contributed by atoms with E-state index >= 15 is 0 Å². The van der Waals surface area contributed by atoms with Crippen molar-refractivity contribution in [2.45, 2.75) is 31.0 Å². The van der Waals surface area contributed by atoms with Gasteiger partial charge in [-0.25, -0.2) is 0 Å². The van der Waals surface area contributed by atoms with E-state index in [0.29, 0.717) is 6.54 Å². The number of phenolic OH excluding ortho intramolecular Hbond substituents is 1. The Balaban J connectivity index is 1.73. The molecule has 0 radical (unpaired) electrons. The van der Waals surface area contributed by atoms with E-state index in [4.69, 9.17) is 4.74 Å². The van der Waals surface area contributed by atoms with Crippen molar-refractivity contribution < 1.29 is 14.9 Å². The van der Waals surface area contributed by atoms with Crippen molar-refractivity contribution in [1.82, 2.24) is 4.90 Å². The highest BCUT2D eigenvalue weighted by molar-refractivity contribution is 5.41. The lowest BCUT2D eigenvalue weighted by Crippen LogP contribution is -2.48. The number of hydrogen-bond donors (Lipinski definition) is 2. The van der Waals surface area contributed by atoms with Crippen molar-refractivity contribution in [3.8, 4) is 11.5 Å². The van der Waals surface area contributed by atoms with Crippen LogP contribution in [0, 0.1) is 0 Å². The van der Waals surface area contributed by atoms with E-state index in [1.165, 1.54) is 0 Å². The fourth-order valence-electron chi connectivity index (χ4n) is 4.46. The summed E-state index contributed by atoms with van der Waals surface area (Å²) in [5.74, 6) is 0.967. The van der Waals surface area contributed by atoms with Crippen LogP contribution in [-0.4, -0.2) is 34.8 Å². The molecule has 0 aromatic heterocycles. The smallest absolute Gasteiger partial charge is 0.130 e.